The molecule has 14 heavy (non-hydrogen) atoms. The van der Waals surface area contributed by atoms with Crippen LogP contribution in [0.1, 0.15) is 5.69 Å². The van der Waals surface area contributed by atoms with E-state index >= 15 is 0 Å². The Hall–Kier alpha value is -1.59. The van der Waals surface area contributed by atoms with E-state index in [0.717, 1.165) is 5.69 Å². The molecule has 0 spiro atoms. The maximum Gasteiger partial charge on any atom is 0.673 e. The zero-order valence-corrected chi connectivity index (χ0v) is 7.46. The van der Waals surface area contributed by atoms with Crippen LogP contribution < -0.4 is 0 Å². The summed E-state index contributed by atoms with van der Waals surface area (Å²) >= 11 is 0. The molecule has 0 aromatic carbocycles. The first-order valence-corrected chi connectivity index (χ1v) is 3.46. The molecule has 1 rings (SSSR count). The molecule has 0 saturated heterocycles. The third-order valence-electron chi connectivity index (χ3n) is 1.10. The predicted octanol–water partition coefficient (Wildman–Crippen LogP) is 2.51. The molecule has 0 atom stereocenters. The fourth-order valence-electron chi connectivity index (χ4n) is 0.685. The minimum absolute atomic E-state index is 0.525. The molecule has 0 bridgehead atoms. The molecule has 1 heterocycles. The van der Waals surface area contributed by atoms with Crippen LogP contribution in [0.2, 0.25) is 0 Å². The van der Waals surface area contributed by atoms with Crippen LogP contribution in [0.25, 0.3) is 4.98 Å². The molecular formula is C5H7BF4N4. The van der Waals surface area contributed by atoms with Crippen LogP contribution in [0.3, 0.4) is 0 Å². The fraction of sp³-hybridized carbons (Fsp3) is 0.400. The zero-order chi connectivity index (χ0) is 11.4. The van der Waals surface area contributed by atoms with E-state index in [0.29, 0.717) is 5.69 Å². The summed E-state index contributed by atoms with van der Waals surface area (Å²) in [6, 6.07) is 0. The minimum atomic E-state index is -6.00. The largest absolute Gasteiger partial charge is 0.673 e. The summed E-state index contributed by atoms with van der Waals surface area (Å²) in [5, 5.41) is 12.2. The van der Waals surface area contributed by atoms with Gasteiger partial charge in [0.05, 0.1) is 0 Å². The average molecular weight is 210 g/mol. The Balaban J connectivity index is 0.000000292. The van der Waals surface area contributed by atoms with Gasteiger partial charge in [-0.15, -0.1) is 0 Å². The van der Waals surface area contributed by atoms with Crippen LogP contribution in [0, 0.1) is 12.3 Å². The molecule has 0 aliphatic carbocycles. The van der Waals surface area contributed by atoms with Gasteiger partial charge in [0, 0.05) is 7.05 Å². The molecule has 1 aromatic rings. The van der Waals surface area contributed by atoms with Gasteiger partial charge in [-0.3, -0.25) is 4.68 Å². The lowest BCUT2D eigenvalue weighted by Crippen LogP contribution is -2.02. The summed E-state index contributed by atoms with van der Waals surface area (Å²) in [5.41, 5.74) is 1.26. The standard InChI is InChI=1S/C5H7N4.BF4/c1-4-5(7-6)3-9(2)8-4;2-1(3,4)5/h3H,1-2H3;/q+1;-1. The number of nitrogens with zero attached hydrogens (tertiary/aromatic N) is 4. The number of aromatic nitrogens is 2. The van der Waals surface area contributed by atoms with Crippen molar-refractivity contribution in [3.05, 3.63) is 16.9 Å². The maximum absolute atomic E-state index is 9.75. The fourth-order valence-corrected chi connectivity index (χ4v) is 0.685. The number of hydrogen-bond donors (Lipinski definition) is 0. The predicted molar refractivity (Wildman–Crippen MR) is 42.9 cm³/mol. The molecular weight excluding hydrogens is 203 g/mol. The zero-order valence-electron chi connectivity index (χ0n) is 7.46. The number of rotatable bonds is 0. The van der Waals surface area contributed by atoms with E-state index in [1.54, 1.807) is 24.9 Å². The molecule has 0 aliphatic heterocycles. The van der Waals surface area contributed by atoms with Gasteiger partial charge < -0.3 is 17.3 Å². The van der Waals surface area contributed by atoms with Crippen molar-refractivity contribution in [1.29, 1.82) is 5.39 Å². The van der Waals surface area contributed by atoms with Crippen LogP contribution in [0.15, 0.2) is 6.20 Å². The highest BCUT2D eigenvalue weighted by atomic mass is 19.5. The molecule has 0 unspecified atom stereocenters. The third-order valence-corrected chi connectivity index (χ3v) is 1.10. The second-order valence-corrected chi connectivity index (χ2v) is 2.37. The quantitative estimate of drug-likeness (QED) is 0.375. The van der Waals surface area contributed by atoms with E-state index in [1.165, 1.54) is 0 Å². The lowest BCUT2D eigenvalue weighted by Gasteiger charge is -1.94. The second kappa shape index (κ2) is 4.60. The summed E-state index contributed by atoms with van der Waals surface area (Å²) in [6.45, 7) is 1.79. The highest BCUT2D eigenvalue weighted by molar-refractivity contribution is 6.50. The van der Waals surface area contributed by atoms with E-state index in [-0.39, 0.29) is 0 Å². The van der Waals surface area contributed by atoms with Crippen molar-refractivity contribution >= 4 is 12.9 Å². The maximum atomic E-state index is 9.75. The second-order valence-electron chi connectivity index (χ2n) is 2.37. The first-order valence-electron chi connectivity index (χ1n) is 3.46. The van der Waals surface area contributed by atoms with Crippen LogP contribution >= 0.6 is 0 Å². The normalized spacial score (nSPS) is 10.1. The van der Waals surface area contributed by atoms with Gasteiger partial charge in [0.25, 0.3) is 0 Å². The Morgan fingerprint density at radius 2 is 1.86 bits per heavy atom. The van der Waals surface area contributed by atoms with E-state index in [1.807, 2.05) is 0 Å². The molecule has 0 radical (unpaired) electrons. The Kier molecular flexibility index (Phi) is 4.07. The lowest BCUT2D eigenvalue weighted by atomic mass is 10.3. The summed E-state index contributed by atoms with van der Waals surface area (Å²) in [7, 11) is -4.22. The van der Waals surface area contributed by atoms with Crippen LogP contribution in [-0.2, 0) is 7.05 Å². The summed E-state index contributed by atoms with van der Waals surface area (Å²) in [5.74, 6) is 0. The van der Waals surface area contributed by atoms with Gasteiger partial charge in [-0.2, -0.15) is 5.10 Å². The van der Waals surface area contributed by atoms with E-state index in [2.05, 4.69) is 10.1 Å². The molecule has 0 fully saturated rings. The van der Waals surface area contributed by atoms with Gasteiger partial charge in [0.2, 0.25) is 5.39 Å². The number of diazo groups is 1. The number of aryl methyl sites for hydroxylation is 2. The molecule has 0 saturated carbocycles. The SMILES string of the molecule is Cc1nn(C)cc1[N+]#N.F[B-](F)(F)F. The minimum Gasteiger partial charge on any atom is -0.418 e. The summed E-state index contributed by atoms with van der Waals surface area (Å²) in [4.78, 5) is 3.01. The van der Waals surface area contributed by atoms with E-state index in [9.17, 15) is 17.3 Å². The van der Waals surface area contributed by atoms with Crippen molar-refractivity contribution in [2.45, 2.75) is 6.92 Å². The molecule has 0 amide bonds. The third kappa shape index (κ3) is 5.99. The monoisotopic (exact) mass is 210 g/mol. The van der Waals surface area contributed by atoms with Gasteiger partial charge >= 0.3 is 12.9 Å². The first-order chi connectivity index (χ1) is 6.24. The topological polar surface area (TPSA) is 46.0 Å². The highest BCUT2D eigenvalue weighted by Crippen LogP contribution is 2.14. The average Bonchev–Trinajstić information content (AvgIpc) is 2.25. The molecule has 0 aliphatic rings. The Bertz CT molecular complexity index is 332. The number of hydrogen-bond acceptors (Lipinski definition) is 2. The molecule has 4 nitrogen and oxygen atoms in total. The summed E-state index contributed by atoms with van der Waals surface area (Å²) < 4.78 is 40.6. The van der Waals surface area contributed by atoms with Gasteiger partial charge in [-0.1, -0.05) is 0 Å². The van der Waals surface area contributed by atoms with Crippen LogP contribution in [-0.4, -0.2) is 17.0 Å². The first kappa shape index (κ1) is 12.4. The van der Waals surface area contributed by atoms with Crippen molar-refractivity contribution in [3.8, 4) is 0 Å². The van der Waals surface area contributed by atoms with E-state index < -0.39 is 7.25 Å². The van der Waals surface area contributed by atoms with Crippen molar-refractivity contribution in [3.63, 3.8) is 0 Å². The van der Waals surface area contributed by atoms with Crippen molar-refractivity contribution < 1.29 is 17.3 Å². The van der Waals surface area contributed by atoms with Crippen LogP contribution in [0.5, 0.6) is 0 Å². The molecule has 9 heteroatoms. The number of halogens is 4. The van der Waals surface area contributed by atoms with Gasteiger partial charge in [0.1, 0.15) is 6.20 Å². The Labute approximate surface area is 77.3 Å². The summed E-state index contributed by atoms with van der Waals surface area (Å²) in [6.07, 6.45) is 1.65. The van der Waals surface area contributed by atoms with Gasteiger partial charge in [-0.25, -0.2) is 0 Å². The molecule has 78 valence electrons. The van der Waals surface area contributed by atoms with E-state index in [4.69, 9.17) is 5.39 Å². The van der Waals surface area contributed by atoms with Crippen molar-refractivity contribution in [2.75, 3.05) is 0 Å². The lowest BCUT2D eigenvalue weighted by molar-refractivity contribution is 0.368. The molecule has 0 N–H and O–H groups in total. The van der Waals surface area contributed by atoms with Gasteiger partial charge in [0.15, 0.2) is 10.7 Å². The highest BCUT2D eigenvalue weighted by Gasteiger charge is 2.20. The molecule has 1 aromatic heterocycles. The van der Waals surface area contributed by atoms with Crippen LogP contribution in [0.4, 0.5) is 23.0 Å². The van der Waals surface area contributed by atoms with Crippen molar-refractivity contribution in [2.24, 2.45) is 7.05 Å². The Morgan fingerprint density at radius 1 is 1.43 bits per heavy atom. The Morgan fingerprint density at radius 3 is 2.00 bits per heavy atom. The van der Waals surface area contributed by atoms with Crippen molar-refractivity contribution in [1.82, 2.24) is 9.78 Å². The smallest absolute Gasteiger partial charge is 0.418 e. The van der Waals surface area contributed by atoms with Gasteiger partial charge in [-0.05, 0) is 6.92 Å².